The van der Waals surface area contributed by atoms with Crippen molar-refractivity contribution >= 4 is 18.0 Å². The monoisotopic (exact) mass is 187 g/mol. The van der Waals surface area contributed by atoms with Crippen LogP contribution in [0.15, 0.2) is 18.2 Å². The Morgan fingerprint density at radius 3 is 2.92 bits per heavy atom. The molecule has 0 aliphatic carbocycles. The Bertz CT molecular complexity index is 290. The second-order valence-electron chi connectivity index (χ2n) is 2.23. The number of benzene rings is 1. The van der Waals surface area contributed by atoms with Crippen molar-refractivity contribution < 1.29 is 9.18 Å². The zero-order valence-electron chi connectivity index (χ0n) is 6.18. The smallest absolute Gasteiger partial charge is 0.207 e. The predicted molar refractivity (Wildman–Crippen MR) is 44.3 cm³/mol. The quantitative estimate of drug-likeness (QED) is 0.718. The molecule has 1 amide bonds. The van der Waals surface area contributed by atoms with Crippen molar-refractivity contribution in [2.75, 3.05) is 0 Å². The largest absolute Gasteiger partial charge is 0.355 e. The molecule has 0 atom stereocenters. The van der Waals surface area contributed by atoms with Crippen LogP contribution in [-0.2, 0) is 11.3 Å². The number of amides is 1. The van der Waals surface area contributed by atoms with E-state index in [4.69, 9.17) is 11.6 Å². The van der Waals surface area contributed by atoms with Gasteiger partial charge in [0.1, 0.15) is 5.82 Å². The number of carbonyl (C=O) groups excluding carboxylic acids is 1. The van der Waals surface area contributed by atoms with Crippen LogP contribution in [0.25, 0.3) is 0 Å². The Morgan fingerprint density at radius 1 is 1.58 bits per heavy atom. The van der Waals surface area contributed by atoms with Crippen LogP contribution in [0.2, 0.25) is 5.02 Å². The van der Waals surface area contributed by atoms with E-state index in [1.165, 1.54) is 18.2 Å². The minimum Gasteiger partial charge on any atom is -0.355 e. The highest BCUT2D eigenvalue weighted by Gasteiger charge is 1.99. The number of carbonyl (C=O) groups is 1. The van der Waals surface area contributed by atoms with Crippen LogP contribution < -0.4 is 5.32 Å². The van der Waals surface area contributed by atoms with Crippen molar-refractivity contribution in [1.82, 2.24) is 5.32 Å². The molecule has 2 nitrogen and oxygen atoms in total. The minimum absolute atomic E-state index is 0.322. The Kier molecular flexibility index (Phi) is 3.05. The molecule has 0 aliphatic heterocycles. The lowest BCUT2D eigenvalue weighted by Crippen LogP contribution is -2.09. The molecule has 0 saturated carbocycles. The first-order valence-corrected chi connectivity index (χ1v) is 3.73. The van der Waals surface area contributed by atoms with Crippen LogP contribution in [0.3, 0.4) is 0 Å². The average molecular weight is 188 g/mol. The summed E-state index contributed by atoms with van der Waals surface area (Å²) in [5.41, 5.74) is 0.699. The summed E-state index contributed by atoms with van der Waals surface area (Å²) in [5.74, 6) is -0.380. The normalized spacial score (nSPS) is 9.50. The molecule has 0 saturated heterocycles. The molecule has 0 radical (unpaired) electrons. The van der Waals surface area contributed by atoms with E-state index in [-0.39, 0.29) is 5.82 Å². The van der Waals surface area contributed by atoms with E-state index >= 15 is 0 Å². The van der Waals surface area contributed by atoms with Crippen LogP contribution in [0, 0.1) is 5.82 Å². The maximum atomic E-state index is 12.5. The summed E-state index contributed by atoms with van der Waals surface area (Å²) in [5, 5.41) is 2.76. The Morgan fingerprint density at radius 2 is 2.33 bits per heavy atom. The molecular weight excluding hydrogens is 181 g/mol. The Balaban J connectivity index is 2.78. The van der Waals surface area contributed by atoms with Crippen LogP contribution in [-0.4, -0.2) is 6.41 Å². The number of hydrogen-bond acceptors (Lipinski definition) is 1. The van der Waals surface area contributed by atoms with E-state index in [2.05, 4.69) is 5.32 Å². The van der Waals surface area contributed by atoms with E-state index in [0.717, 1.165) is 0 Å². The lowest BCUT2D eigenvalue weighted by atomic mass is 10.2. The van der Waals surface area contributed by atoms with Gasteiger partial charge in [0.05, 0.1) is 0 Å². The van der Waals surface area contributed by atoms with Gasteiger partial charge in [0.2, 0.25) is 6.41 Å². The number of hydrogen-bond donors (Lipinski definition) is 1. The minimum atomic E-state index is -0.380. The fraction of sp³-hybridized carbons (Fsp3) is 0.125. The second-order valence-corrected chi connectivity index (χ2v) is 2.64. The Hall–Kier alpha value is -1.09. The molecule has 0 fully saturated rings. The van der Waals surface area contributed by atoms with Gasteiger partial charge in [-0.1, -0.05) is 17.7 Å². The van der Waals surface area contributed by atoms with Gasteiger partial charge in [-0.25, -0.2) is 4.39 Å². The SMILES string of the molecule is O=CNCc1ccc(F)cc1Cl. The fourth-order valence-corrected chi connectivity index (χ4v) is 1.05. The van der Waals surface area contributed by atoms with E-state index in [9.17, 15) is 9.18 Å². The van der Waals surface area contributed by atoms with Crippen molar-refractivity contribution in [2.24, 2.45) is 0 Å². The maximum absolute atomic E-state index is 12.5. The zero-order chi connectivity index (χ0) is 8.97. The van der Waals surface area contributed by atoms with Crippen molar-refractivity contribution in [3.05, 3.63) is 34.6 Å². The van der Waals surface area contributed by atoms with Crippen molar-refractivity contribution in [3.63, 3.8) is 0 Å². The molecule has 1 aromatic carbocycles. The maximum Gasteiger partial charge on any atom is 0.207 e. The molecule has 0 aromatic heterocycles. The Labute approximate surface area is 74.3 Å². The number of rotatable bonds is 3. The first kappa shape index (κ1) is 9.00. The number of halogens is 2. The highest BCUT2D eigenvalue weighted by atomic mass is 35.5. The van der Waals surface area contributed by atoms with Crippen LogP contribution in [0.5, 0.6) is 0 Å². The third-order valence-electron chi connectivity index (χ3n) is 1.39. The van der Waals surface area contributed by atoms with Crippen LogP contribution in [0.4, 0.5) is 4.39 Å². The van der Waals surface area contributed by atoms with E-state index < -0.39 is 0 Å². The molecular formula is C8H7ClFNO. The molecule has 1 aromatic rings. The third kappa shape index (κ3) is 2.20. The fourth-order valence-electron chi connectivity index (χ4n) is 0.817. The van der Waals surface area contributed by atoms with E-state index in [0.29, 0.717) is 23.5 Å². The summed E-state index contributed by atoms with van der Waals surface area (Å²) in [6.45, 7) is 0.322. The van der Waals surface area contributed by atoms with Gasteiger partial charge in [-0.3, -0.25) is 4.79 Å². The molecule has 0 aliphatic rings. The van der Waals surface area contributed by atoms with Crippen molar-refractivity contribution in [3.8, 4) is 0 Å². The average Bonchev–Trinajstić information content (AvgIpc) is 2.03. The summed E-state index contributed by atoms with van der Waals surface area (Å²) in [7, 11) is 0. The first-order chi connectivity index (χ1) is 5.74. The lowest BCUT2D eigenvalue weighted by Gasteiger charge is -2.01. The summed E-state index contributed by atoms with van der Waals surface area (Å²) in [6.07, 6.45) is 0.569. The molecule has 0 unspecified atom stereocenters. The molecule has 0 heterocycles. The van der Waals surface area contributed by atoms with Gasteiger partial charge in [0.25, 0.3) is 0 Å². The van der Waals surface area contributed by atoms with E-state index in [1.54, 1.807) is 0 Å². The highest BCUT2D eigenvalue weighted by molar-refractivity contribution is 6.31. The molecule has 1 rings (SSSR count). The van der Waals surface area contributed by atoms with Crippen LogP contribution >= 0.6 is 11.6 Å². The third-order valence-corrected chi connectivity index (χ3v) is 1.74. The van der Waals surface area contributed by atoms with Crippen molar-refractivity contribution in [2.45, 2.75) is 6.54 Å². The van der Waals surface area contributed by atoms with Gasteiger partial charge in [-0.2, -0.15) is 0 Å². The van der Waals surface area contributed by atoms with Gasteiger partial charge in [-0.15, -0.1) is 0 Å². The summed E-state index contributed by atoms with van der Waals surface area (Å²) in [4.78, 5) is 9.93. The predicted octanol–water partition coefficient (Wildman–Crippen LogP) is 1.73. The zero-order valence-corrected chi connectivity index (χ0v) is 6.94. The van der Waals surface area contributed by atoms with E-state index in [1.807, 2.05) is 0 Å². The summed E-state index contributed by atoms with van der Waals surface area (Å²) >= 11 is 5.67. The summed E-state index contributed by atoms with van der Waals surface area (Å²) < 4.78 is 12.5. The van der Waals surface area contributed by atoms with Gasteiger partial charge in [0.15, 0.2) is 0 Å². The second kappa shape index (κ2) is 4.07. The first-order valence-electron chi connectivity index (χ1n) is 3.35. The molecule has 0 spiro atoms. The molecule has 12 heavy (non-hydrogen) atoms. The van der Waals surface area contributed by atoms with Gasteiger partial charge < -0.3 is 5.32 Å². The molecule has 64 valence electrons. The van der Waals surface area contributed by atoms with Gasteiger partial charge in [-0.05, 0) is 17.7 Å². The van der Waals surface area contributed by atoms with Crippen LogP contribution in [0.1, 0.15) is 5.56 Å². The standard InChI is InChI=1S/C8H7ClFNO/c9-8-3-7(10)2-1-6(8)4-11-5-12/h1-3,5H,4H2,(H,11,12). The van der Waals surface area contributed by atoms with Gasteiger partial charge >= 0.3 is 0 Å². The lowest BCUT2D eigenvalue weighted by molar-refractivity contribution is -0.109. The summed E-state index contributed by atoms with van der Waals surface area (Å²) in [6, 6.07) is 4.05. The van der Waals surface area contributed by atoms with Crippen molar-refractivity contribution in [1.29, 1.82) is 0 Å². The number of nitrogens with one attached hydrogen (secondary N) is 1. The van der Waals surface area contributed by atoms with Gasteiger partial charge in [0, 0.05) is 11.6 Å². The molecule has 0 bridgehead atoms. The highest BCUT2D eigenvalue weighted by Crippen LogP contribution is 2.16. The molecule has 1 N–H and O–H groups in total. The molecule has 4 heteroatoms. The topological polar surface area (TPSA) is 29.1 Å².